The summed E-state index contributed by atoms with van der Waals surface area (Å²) in [6.07, 6.45) is 7.85. The van der Waals surface area contributed by atoms with E-state index in [2.05, 4.69) is 35.9 Å². The molecule has 2 rings (SSSR count). The van der Waals surface area contributed by atoms with Gasteiger partial charge in [-0.25, -0.2) is 0 Å². The predicted octanol–water partition coefficient (Wildman–Crippen LogP) is 2.14. The molecule has 2 N–H and O–H groups in total. The molecule has 0 bridgehead atoms. The van der Waals surface area contributed by atoms with Gasteiger partial charge in [-0.05, 0) is 39.8 Å². The normalized spacial score (nSPS) is 22.4. The van der Waals surface area contributed by atoms with Crippen LogP contribution in [-0.2, 0) is 0 Å². The molecule has 2 aliphatic rings. The highest BCUT2D eigenvalue weighted by Gasteiger charge is 2.34. The van der Waals surface area contributed by atoms with Crippen molar-refractivity contribution < 1.29 is 0 Å². The van der Waals surface area contributed by atoms with Crippen LogP contribution in [0.25, 0.3) is 0 Å². The summed E-state index contributed by atoms with van der Waals surface area (Å²) in [5.41, 5.74) is 6.46. The zero-order chi connectivity index (χ0) is 13.2. The van der Waals surface area contributed by atoms with Gasteiger partial charge in [-0.1, -0.05) is 12.8 Å². The third-order valence-corrected chi connectivity index (χ3v) is 4.35. The third-order valence-electron chi connectivity index (χ3n) is 4.35. The summed E-state index contributed by atoms with van der Waals surface area (Å²) in [5.74, 6) is 0.738. The molecule has 0 heterocycles. The zero-order valence-electron chi connectivity index (χ0n) is 12.6. The molecule has 112 valence electrons. The van der Waals surface area contributed by atoms with Gasteiger partial charge in [-0.15, -0.1) is 24.0 Å². The van der Waals surface area contributed by atoms with Crippen molar-refractivity contribution in [1.82, 2.24) is 9.80 Å². The van der Waals surface area contributed by atoms with Gasteiger partial charge in [0.05, 0.1) is 0 Å². The quantitative estimate of drug-likeness (QED) is 0.452. The second-order valence-electron chi connectivity index (χ2n) is 6.46. The number of nitrogens with zero attached hydrogens (tertiary/aromatic N) is 3. The highest BCUT2D eigenvalue weighted by Crippen LogP contribution is 2.39. The van der Waals surface area contributed by atoms with Crippen LogP contribution >= 0.6 is 24.0 Å². The Kier molecular flexibility index (Phi) is 6.36. The summed E-state index contributed by atoms with van der Waals surface area (Å²) in [4.78, 5) is 9.13. The van der Waals surface area contributed by atoms with E-state index >= 15 is 0 Å². The fraction of sp³-hybridized carbons (Fsp3) is 0.929. The molecule has 0 aromatic carbocycles. The van der Waals surface area contributed by atoms with Crippen LogP contribution < -0.4 is 5.73 Å². The van der Waals surface area contributed by atoms with Gasteiger partial charge in [0.25, 0.3) is 0 Å². The molecule has 4 nitrogen and oxygen atoms in total. The number of nitrogens with two attached hydrogens (primary N) is 1. The van der Waals surface area contributed by atoms with Gasteiger partial charge in [0.1, 0.15) is 0 Å². The first-order chi connectivity index (χ1) is 8.52. The number of halogens is 1. The highest BCUT2D eigenvalue weighted by atomic mass is 127. The second-order valence-corrected chi connectivity index (χ2v) is 6.46. The average molecular weight is 380 g/mol. The molecule has 0 aliphatic heterocycles. The Balaban J connectivity index is 0.00000180. The van der Waals surface area contributed by atoms with E-state index in [0.29, 0.717) is 11.5 Å². The van der Waals surface area contributed by atoms with Gasteiger partial charge in [0, 0.05) is 31.6 Å². The lowest BCUT2D eigenvalue weighted by Crippen LogP contribution is -2.39. The smallest absolute Gasteiger partial charge is 0.191 e. The van der Waals surface area contributed by atoms with E-state index in [1.165, 1.54) is 38.5 Å². The number of guanidine groups is 1. The Morgan fingerprint density at radius 1 is 1.21 bits per heavy atom. The first-order valence-corrected chi connectivity index (χ1v) is 7.20. The Morgan fingerprint density at radius 3 is 2.26 bits per heavy atom. The average Bonchev–Trinajstić information content (AvgIpc) is 3.07. The fourth-order valence-electron chi connectivity index (χ4n) is 3.17. The van der Waals surface area contributed by atoms with Gasteiger partial charge in [0.2, 0.25) is 0 Å². The van der Waals surface area contributed by atoms with E-state index in [1.54, 1.807) is 0 Å². The Hall–Kier alpha value is -0.0400. The minimum absolute atomic E-state index is 0. The monoisotopic (exact) mass is 380 g/mol. The number of hydrogen-bond donors (Lipinski definition) is 1. The van der Waals surface area contributed by atoms with Crippen molar-refractivity contribution in [3.8, 4) is 0 Å². The van der Waals surface area contributed by atoms with E-state index in [1.807, 2.05) is 0 Å². The number of rotatable bonds is 5. The molecule has 5 heteroatoms. The maximum absolute atomic E-state index is 6.09. The number of aliphatic imine (C=N–C) groups is 1. The van der Waals surface area contributed by atoms with Crippen LogP contribution in [0.1, 0.15) is 38.5 Å². The maximum atomic E-state index is 6.09. The van der Waals surface area contributed by atoms with Gasteiger partial charge in [-0.2, -0.15) is 0 Å². The molecule has 19 heavy (non-hydrogen) atoms. The van der Waals surface area contributed by atoms with Crippen LogP contribution in [0, 0.1) is 5.41 Å². The van der Waals surface area contributed by atoms with Crippen molar-refractivity contribution in [2.24, 2.45) is 16.1 Å². The molecule has 0 atom stereocenters. The largest absolute Gasteiger partial charge is 0.370 e. The highest BCUT2D eigenvalue weighted by molar-refractivity contribution is 14.0. The number of hydrogen-bond acceptors (Lipinski definition) is 2. The van der Waals surface area contributed by atoms with Crippen LogP contribution in [0.5, 0.6) is 0 Å². The van der Waals surface area contributed by atoms with Gasteiger partial charge in [-0.3, -0.25) is 4.99 Å². The summed E-state index contributed by atoms with van der Waals surface area (Å²) < 4.78 is 0. The SMILES string of the molecule is CN(C)CC1(CN=C(N)N(C)C2CC2)CCCC1.I. The van der Waals surface area contributed by atoms with E-state index in [-0.39, 0.29) is 24.0 Å². The molecular weight excluding hydrogens is 351 g/mol. The lowest BCUT2D eigenvalue weighted by atomic mass is 9.86. The summed E-state index contributed by atoms with van der Waals surface area (Å²) in [6.45, 7) is 2.03. The maximum Gasteiger partial charge on any atom is 0.191 e. The van der Waals surface area contributed by atoms with Crippen molar-refractivity contribution in [1.29, 1.82) is 0 Å². The van der Waals surface area contributed by atoms with Gasteiger partial charge in [0.15, 0.2) is 5.96 Å². The summed E-state index contributed by atoms with van der Waals surface area (Å²) in [5, 5.41) is 0. The minimum atomic E-state index is 0. The topological polar surface area (TPSA) is 44.9 Å². The van der Waals surface area contributed by atoms with E-state index in [9.17, 15) is 0 Å². The summed E-state index contributed by atoms with van der Waals surface area (Å²) in [7, 11) is 6.39. The third kappa shape index (κ3) is 4.77. The van der Waals surface area contributed by atoms with Crippen LogP contribution in [0.3, 0.4) is 0 Å². The molecule has 0 unspecified atom stereocenters. The van der Waals surface area contributed by atoms with Crippen molar-refractivity contribution >= 4 is 29.9 Å². The molecule has 0 aromatic heterocycles. The molecule has 0 radical (unpaired) electrons. The molecule has 0 saturated heterocycles. The lowest BCUT2D eigenvalue weighted by molar-refractivity contribution is 0.209. The zero-order valence-corrected chi connectivity index (χ0v) is 14.9. The van der Waals surface area contributed by atoms with Crippen LogP contribution in [-0.4, -0.2) is 56.0 Å². The van der Waals surface area contributed by atoms with Gasteiger partial charge >= 0.3 is 0 Å². The molecule has 2 saturated carbocycles. The molecular formula is C14H29IN4. The predicted molar refractivity (Wildman–Crippen MR) is 92.1 cm³/mol. The Bertz CT molecular complexity index is 307. The first kappa shape index (κ1) is 17.0. The van der Waals surface area contributed by atoms with Crippen molar-refractivity contribution in [2.45, 2.75) is 44.6 Å². The van der Waals surface area contributed by atoms with Crippen LogP contribution in [0.2, 0.25) is 0 Å². The van der Waals surface area contributed by atoms with E-state index < -0.39 is 0 Å². The van der Waals surface area contributed by atoms with Gasteiger partial charge < -0.3 is 15.5 Å². The summed E-state index contributed by atoms with van der Waals surface area (Å²) >= 11 is 0. The minimum Gasteiger partial charge on any atom is -0.370 e. The Morgan fingerprint density at radius 2 is 1.79 bits per heavy atom. The molecule has 2 fully saturated rings. The summed E-state index contributed by atoms with van der Waals surface area (Å²) in [6, 6.07) is 0.655. The first-order valence-electron chi connectivity index (χ1n) is 7.20. The second kappa shape index (κ2) is 7.11. The molecule has 0 amide bonds. The Labute approximate surface area is 134 Å². The fourth-order valence-corrected chi connectivity index (χ4v) is 3.17. The standard InChI is InChI=1S/C14H28N4.HI/c1-17(2)11-14(8-4-5-9-14)10-16-13(15)18(3)12-6-7-12;/h12H,4-11H2,1-3H3,(H2,15,16);1H. The molecule has 0 aromatic rings. The van der Waals surface area contributed by atoms with Crippen LogP contribution in [0.4, 0.5) is 0 Å². The van der Waals surface area contributed by atoms with Crippen LogP contribution in [0.15, 0.2) is 4.99 Å². The van der Waals surface area contributed by atoms with E-state index in [0.717, 1.165) is 19.0 Å². The van der Waals surface area contributed by atoms with Crippen molar-refractivity contribution in [3.05, 3.63) is 0 Å². The van der Waals surface area contributed by atoms with E-state index in [4.69, 9.17) is 5.73 Å². The molecule has 0 spiro atoms. The van der Waals surface area contributed by atoms with Crippen molar-refractivity contribution in [3.63, 3.8) is 0 Å². The lowest BCUT2D eigenvalue weighted by Gasteiger charge is -2.31. The molecule has 2 aliphatic carbocycles. The van der Waals surface area contributed by atoms with Crippen molar-refractivity contribution in [2.75, 3.05) is 34.2 Å².